The van der Waals surface area contributed by atoms with Gasteiger partial charge in [-0.25, -0.2) is 0 Å². The van der Waals surface area contributed by atoms with Crippen LogP contribution in [0.1, 0.15) is 142 Å². The summed E-state index contributed by atoms with van der Waals surface area (Å²) in [6, 6.07) is 0. The first kappa shape index (κ1) is 31.1. The molecular weight excluding hydrogens is 445 g/mol. The quantitative estimate of drug-likeness (QED) is 0.0976. The normalized spacial score (nSPS) is 11.3. The zero-order valence-electron chi connectivity index (χ0n) is 20.1. The lowest BCUT2D eigenvalue weighted by atomic mass is 10.1. The smallest absolute Gasteiger partial charge is 0.267 e. The molecule has 0 atom stereocenters. The third-order valence-electron chi connectivity index (χ3n) is 5.42. The molecule has 1 nitrogen and oxygen atoms in total. The first-order valence-electron chi connectivity index (χ1n) is 12.9. The van der Waals surface area contributed by atoms with Crippen LogP contribution in [-0.4, -0.2) is 16.0 Å². The first-order valence-corrected chi connectivity index (χ1v) is 17.6. The van der Waals surface area contributed by atoms with E-state index in [4.69, 9.17) is 0 Å². The van der Waals surface area contributed by atoms with Crippen molar-refractivity contribution in [3.05, 3.63) is 0 Å². The molecule has 0 saturated heterocycles. The third-order valence-corrected chi connectivity index (χ3v) is 10.6. The van der Waals surface area contributed by atoms with Gasteiger partial charge in [0.15, 0.2) is 0 Å². The van der Waals surface area contributed by atoms with Crippen LogP contribution in [0.25, 0.3) is 0 Å². The van der Waals surface area contributed by atoms with Gasteiger partial charge in [-0.1, -0.05) is 151 Å². The summed E-state index contributed by atoms with van der Waals surface area (Å²) in [6.45, 7) is 4.56. The molecule has 0 N–H and O–H groups in total. The minimum Gasteiger partial charge on any atom is -0.273 e. The topological polar surface area (TPSA) is 17.1 Å². The van der Waals surface area contributed by atoms with Crippen molar-refractivity contribution < 1.29 is 4.79 Å². The van der Waals surface area contributed by atoms with Crippen LogP contribution in [0.4, 0.5) is 4.79 Å². The lowest BCUT2D eigenvalue weighted by Gasteiger charge is -2.03. The van der Waals surface area contributed by atoms with E-state index in [0.29, 0.717) is 0 Å². The molecule has 0 aromatic rings. The van der Waals surface area contributed by atoms with Gasteiger partial charge in [0.05, 0.1) is 0 Å². The monoisotopic (exact) mass is 494 g/mol. The second kappa shape index (κ2) is 28.1. The minimum atomic E-state index is 0.282. The lowest BCUT2D eigenvalue weighted by molar-refractivity contribution is 0.277. The Morgan fingerprint density at radius 1 is 0.433 bits per heavy atom. The number of rotatable bonds is 24. The predicted octanol–water partition coefficient (Wildman–Crippen LogP) is 11.7. The third kappa shape index (κ3) is 27.1. The van der Waals surface area contributed by atoms with E-state index in [1.807, 2.05) is 0 Å². The number of unbranched alkanes of at least 4 members (excludes halogenated alkanes) is 18. The molecule has 0 fully saturated rings. The van der Waals surface area contributed by atoms with E-state index in [-0.39, 0.29) is 4.45 Å². The summed E-state index contributed by atoms with van der Waals surface area (Å²) in [5, 5.41) is 0. The molecule has 0 spiro atoms. The van der Waals surface area contributed by atoms with Crippen molar-refractivity contribution in [2.75, 3.05) is 11.5 Å². The van der Waals surface area contributed by atoms with Gasteiger partial charge in [-0.05, 0) is 34.4 Å². The van der Waals surface area contributed by atoms with Crippen molar-refractivity contribution in [2.45, 2.75) is 142 Å². The van der Waals surface area contributed by atoms with E-state index in [9.17, 15) is 4.79 Å². The van der Waals surface area contributed by atoms with Crippen LogP contribution >= 0.6 is 43.2 Å². The predicted molar refractivity (Wildman–Crippen MR) is 149 cm³/mol. The van der Waals surface area contributed by atoms with Gasteiger partial charge < -0.3 is 0 Å². The lowest BCUT2D eigenvalue weighted by Crippen LogP contribution is -1.84. The van der Waals surface area contributed by atoms with Crippen LogP contribution in [0.3, 0.4) is 0 Å². The molecule has 0 aliphatic rings. The Labute approximate surface area is 205 Å². The maximum Gasteiger partial charge on any atom is 0.267 e. The van der Waals surface area contributed by atoms with Gasteiger partial charge in [0.2, 0.25) is 0 Å². The van der Waals surface area contributed by atoms with Gasteiger partial charge in [-0.3, -0.25) is 4.79 Å². The van der Waals surface area contributed by atoms with Crippen molar-refractivity contribution in [2.24, 2.45) is 0 Å². The van der Waals surface area contributed by atoms with Crippen LogP contribution in [0.15, 0.2) is 0 Å². The van der Waals surface area contributed by atoms with Gasteiger partial charge >= 0.3 is 0 Å². The highest BCUT2D eigenvalue weighted by atomic mass is 33.1. The second-order valence-corrected chi connectivity index (χ2v) is 13.5. The summed E-state index contributed by atoms with van der Waals surface area (Å²) in [5.74, 6) is 2.24. The van der Waals surface area contributed by atoms with Crippen molar-refractivity contribution in [3.8, 4) is 0 Å². The van der Waals surface area contributed by atoms with Gasteiger partial charge in [0, 0.05) is 11.5 Å². The van der Waals surface area contributed by atoms with Crippen LogP contribution in [0.5, 0.6) is 0 Å². The largest absolute Gasteiger partial charge is 0.273 e. The summed E-state index contributed by atoms with van der Waals surface area (Å²) in [7, 11) is 6.43. The Morgan fingerprint density at radius 2 is 0.700 bits per heavy atom. The molecule has 0 unspecified atom stereocenters. The minimum absolute atomic E-state index is 0.282. The van der Waals surface area contributed by atoms with Crippen LogP contribution in [0, 0.1) is 0 Å². The maximum atomic E-state index is 11.9. The fourth-order valence-electron chi connectivity index (χ4n) is 3.49. The first-order chi connectivity index (χ1) is 14.8. The summed E-state index contributed by atoms with van der Waals surface area (Å²) in [5.41, 5.74) is 0. The van der Waals surface area contributed by atoms with Crippen molar-refractivity contribution in [3.63, 3.8) is 0 Å². The highest BCUT2D eigenvalue weighted by molar-refractivity contribution is 8.95. The van der Waals surface area contributed by atoms with Crippen LogP contribution in [0.2, 0.25) is 0 Å². The fourth-order valence-corrected chi connectivity index (χ4v) is 8.25. The van der Waals surface area contributed by atoms with Gasteiger partial charge in [0.1, 0.15) is 0 Å². The molecule has 0 heterocycles. The van der Waals surface area contributed by atoms with E-state index in [1.165, 1.54) is 150 Å². The molecule has 0 rings (SSSR count). The molecule has 30 heavy (non-hydrogen) atoms. The highest BCUT2D eigenvalue weighted by Gasteiger charge is 2.05. The van der Waals surface area contributed by atoms with Gasteiger partial charge in [-0.2, -0.15) is 0 Å². The average Bonchev–Trinajstić information content (AvgIpc) is 2.75. The number of carbonyl (C=O) groups is 1. The summed E-state index contributed by atoms with van der Waals surface area (Å²) in [4.78, 5) is 11.9. The standard InChI is InChI=1S/C25H50OS4/c1-3-5-7-9-11-13-15-17-19-21-23-27-29-25(26)30-28-24-22-20-18-16-14-12-10-8-6-4-2/h3-24H2,1-2H3. The zero-order chi connectivity index (χ0) is 22.0. The summed E-state index contributed by atoms with van der Waals surface area (Å²) >= 11 is 0. The Bertz CT molecular complexity index is 309. The van der Waals surface area contributed by atoms with Crippen LogP contribution in [-0.2, 0) is 0 Å². The summed E-state index contributed by atoms with van der Waals surface area (Å²) < 4.78 is 0.282. The number of carbonyl (C=O) groups excluding carboxylic acids is 1. The molecule has 0 bridgehead atoms. The maximum absolute atomic E-state index is 11.9. The molecule has 0 amide bonds. The Hall–Kier alpha value is 1.07. The van der Waals surface area contributed by atoms with E-state index in [1.54, 1.807) is 21.6 Å². The fraction of sp³-hybridized carbons (Fsp3) is 0.960. The molecule has 180 valence electrons. The SMILES string of the molecule is CCCCCCCCCCCCSSC(=O)SSCCCCCCCCCCCC. The van der Waals surface area contributed by atoms with Gasteiger partial charge in [-0.15, -0.1) is 0 Å². The molecule has 5 heteroatoms. The second-order valence-electron chi connectivity index (χ2n) is 8.42. The van der Waals surface area contributed by atoms with Crippen molar-refractivity contribution in [1.82, 2.24) is 0 Å². The Balaban J connectivity index is 3.14. The molecule has 0 radical (unpaired) electrons. The van der Waals surface area contributed by atoms with Crippen molar-refractivity contribution in [1.29, 1.82) is 0 Å². The Morgan fingerprint density at radius 3 is 1.00 bits per heavy atom. The molecule has 0 aliphatic heterocycles. The molecule has 0 aromatic carbocycles. The highest BCUT2D eigenvalue weighted by Crippen LogP contribution is 2.36. The average molecular weight is 495 g/mol. The molecular formula is C25H50OS4. The Kier molecular flexibility index (Phi) is 29.1. The summed E-state index contributed by atoms with van der Waals surface area (Å²) in [6.07, 6.45) is 27.6. The zero-order valence-corrected chi connectivity index (χ0v) is 23.4. The number of hydrogen-bond acceptors (Lipinski definition) is 5. The van der Waals surface area contributed by atoms with Gasteiger partial charge in [0.25, 0.3) is 4.45 Å². The molecule has 0 aliphatic carbocycles. The van der Waals surface area contributed by atoms with Crippen LogP contribution < -0.4 is 0 Å². The molecule has 0 aromatic heterocycles. The van der Waals surface area contributed by atoms with E-state index < -0.39 is 0 Å². The van der Waals surface area contributed by atoms with E-state index in [0.717, 1.165) is 11.5 Å². The molecule has 0 saturated carbocycles. The number of hydrogen-bond donors (Lipinski definition) is 0. The van der Waals surface area contributed by atoms with E-state index in [2.05, 4.69) is 13.8 Å². The van der Waals surface area contributed by atoms with Crippen molar-refractivity contribution >= 4 is 47.6 Å². The van der Waals surface area contributed by atoms with E-state index >= 15 is 0 Å².